The first-order valence-corrected chi connectivity index (χ1v) is 5.72. The molecular formula is C13H11N3O2. The molecule has 2 aromatic heterocycles. The van der Waals surface area contributed by atoms with Crippen molar-refractivity contribution in [3.8, 4) is 0 Å². The number of fused-ring (bicyclic) bond motifs is 3. The predicted octanol–water partition coefficient (Wildman–Crippen LogP) is 2.17. The standard InChI is InChI=1S/C13H11N3O2/c1-2-14-13-15-7-9-8-5-3-4-6-10(8)18-12(17)11(9)16-13/h3-7H,2H2,1H3,(H,14,15,16). The summed E-state index contributed by atoms with van der Waals surface area (Å²) in [5.74, 6) is 0.438. The van der Waals surface area contributed by atoms with Gasteiger partial charge in [-0.05, 0) is 13.0 Å². The van der Waals surface area contributed by atoms with Gasteiger partial charge in [0.05, 0.1) is 0 Å². The van der Waals surface area contributed by atoms with E-state index in [1.807, 2.05) is 25.1 Å². The fourth-order valence-corrected chi connectivity index (χ4v) is 1.90. The van der Waals surface area contributed by atoms with Crippen molar-refractivity contribution in [3.63, 3.8) is 0 Å². The summed E-state index contributed by atoms with van der Waals surface area (Å²) in [7, 11) is 0. The number of benzene rings is 1. The molecule has 0 aliphatic rings. The maximum Gasteiger partial charge on any atom is 0.363 e. The van der Waals surface area contributed by atoms with Crippen LogP contribution in [-0.2, 0) is 0 Å². The maximum atomic E-state index is 11.9. The molecule has 0 saturated heterocycles. The summed E-state index contributed by atoms with van der Waals surface area (Å²) >= 11 is 0. The monoisotopic (exact) mass is 241 g/mol. The molecule has 0 bridgehead atoms. The first-order valence-electron chi connectivity index (χ1n) is 5.72. The Labute approximate surface area is 102 Å². The predicted molar refractivity (Wildman–Crippen MR) is 69.7 cm³/mol. The Hall–Kier alpha value is -2.43. The molecule has 0 atom stereocenters. The minimum atomic E-state index is -0.440. The fraction of sp³-hybridized carbons (Fsp3) is 0.154. The SMILES string of the molecule is CCNc1ncc2c(n1)c(=O)oc1ccccc12. The van der Waals surface area contributed by atoms with Crippen LogP contribution in [0, 0.1) is 0 Å². The van der Waals surface area contributed by atoms with Crippen LogP contribution in [-0.4, -0.2) is 16.5 Å². The van der Waals surface area contributed by atoms with E-state index >= 15 is 0 Å². The van der Waals surface area contributed by atoms with Crippen molar-refractivity contribution >= 4 is 27.8 Å². The molecule has 0 radical (unpaired) electrons. The van der Waals surface area contributed by atoms with Crippen LogP contribution in [0.4, 0.5) is 5.95 Å². The first kappa shape index (κ1) is 10.7. The molecule has 0 aliphatic heterocycles. The van der Waals surface area contributed by atoms with Crippen LogP contribution in [0.15, 0.2) is 39.7 Å². The molecule has 5 heteroatoms. The van der Waals surface area contributed by atoms with E-state index in [1.165, 1.54) is 0 Å². The van der Waals surface area contributed by atoms with E-state index in [4.69, 9.17) is 4.42 Å². The Morgan fingerprint density at radius 1 is 1.28 bits per heavy atom. The number of anilines is 1. The van der Waals surface area contributed by atoms with E-state index < -0.39 is 5.63 Å². The van der Waals surface area contributed by atoms with E-state index in [0.29, 0.717) is 29.0 Å². The number of rotatable bonds is 2. The van der Waals surface area contributed by atoms with Crippen LogP contribution in [0.1, 0.15) is 6.92 Å². The summed E-state index contributed by atoms with van der Waals surface area (Å²) in [5.41, 5.74) is 0.416. The van der Waals surface area contributed by atoms with E-state index in [1.54, 1.807) is 12.3 Å². The zero-order valence-electron chi connectivity index (χ0n) is 9.80. The smallest absolute Gasteiger partial charge is 0.363 e. The maximum absolute atomic E-state index is 11.9. The second-order valence-electron chi connectivity index (χ2n) is 3.87. The molecular weight excluding hydrogens is 230 g/mol. The van der Waals surface area contributed by atoms with Gasteiger partial charge in [0.2, 0.25) is 5.95 Å². The lowest BCUT2D eigenvalue weighted by atomic mass is 10.1. The number of nitrogens with zero attached hydrogens (tertiary/aromatic N) is 2. The number of hydrogen-bond donors (Lipinski definition) is 1. The molecule has 1 N–H and O–H groups in total. The largest absolute Gasteiger partial charge is 0.421 e. The van der Waals surface area contributed by atoms with Crippen molar-refractivity contribution in [1.82, 2.24) is 9.97 Å². The minimum absolute atomic E-state index is 0.305. The molecule has 1 aromatic carbocycles. The third kappa shape index (κ3) is 1.60. The van der Waals surface area contributed by atoms with E-state index in [9.17, 15) is 4.79 Å². The second-order valence-corrected chi connectivity index (χ2v) is 3.87. The van der Waals surface area contributed by atoms with E-state index in [-0.39, 0.29) is 0 Å². The van der Waals surface area contributed by atoms with Gasteiger partial charge in [0.15, 0.2) is 5.52 Å². The van der Waals surface area contributed by atoms with Crippen LogP contribution in [0.2, 0.25) is 0 Å². The average molecular weight is 241 g/mol. The number of hydrogen-bond acceptors (Lipinski definition) is 5. The second kappa shape index (κ2) is 4.10. The van der Waals surface area contributed by atoms with Crippen molar-refractivity contribution < 1.29 is 4.42 Å². The lowest BCUT2D eigenvalue weighted by molar-refractivity contribution is 0.567. The quantitative estimate of drug-likeness (QED) is 0.550. The van der Waals surface area contributed by atoms with Gasteiger partial charge in [-0.15, -0.1) is 0 Å². The lowest BCUT2D eigenvalue weighted by Gasteiger charge is -2.04. The molecule has 0 spiro atoms. The fourth-order valence-electron chi connectivity index (χ4n) is 1.90. The molecule has 0 aliphatic carbocycles. The topological polar surface area (TPSA) is 68.0 Å². The van der Waals surface area contributed by atoms with Crippen LogP contribution < -0.4 is 10.9 Å². The summed E-state index contributed by atoms with van der Waals surface area (Å²) < 4.78 is 5.23. The summed E-state index contributed by atoms with van der Waals surface area (Å²) in [6.45, 7) is 2.64. The summed E-state index contributed by atoms with van der Waals surface area (Å²) in [4.78, 5) is 20.2. The van der Waals surface area contributed by atoms with Gasteiger partial charge in [-0.3, -0.25) is 0 Å². The Morgan fingerprint density at radius 3 is 2.94 bits per heavy atom. The summed E-state index contributed by atoms with van der Waals surface area (Å²) in [6, 6.07) is 7.36. The van der Waals surface area contributed by atoms with Crippen molar-refractivity contribution in [2.24, 2.45) is 0 Å². The van der Waals surface area contributed by atoms with Gasteiger partial charge in [0.25, 0.3) is 0 Å². The Bertz CT molecular complexity index is 780. The molecule has 0 fully saturated rings. The summed E-state index contributed by atoms with van der Waals surface area (Å²) in [5, 5.41) is 4.53. The third-order valence-corrected chi connectivity index (χ3v) is 2.70. The van der Waals surface area contributed by atoms with Crippen molar-refractivity contribution in [1.29, 1.82) is 0 Å². The van der Waals surface area contributed by atoms with Gasteiger partial charge in [-0.25, -0.2) is 14.8 Å². The lowest BCUT2D eigenvalue weighted by Crippen LogP contribution is -2.07. The normalized spacial score (nSPS) is 10.9. The number of para-hydroxylation sites is 1. The van der Waals surface area contributed by atoms with Gasteiger partial charge < -0.3 is 9.73 Å². The molecule has 0 amide bonds. The van der Waals surface area contributed by atoms with Gasteiger partial charge in [0, 0.05) is 23.5 Å². The van der Waals surface area contributed by atoms with Crippen molar-refractivity contribution in [2.75, 3.05) is 11.9 Å². The number of aromatic nitrogens is 2. The molecule has 0 unspecified atom stereocenters. The Balaban J connectivity index is 2.40. The zero-order valence-corrected chi connectivity index (χ0v) is 9.80. The molecule has 18 heavy (non-hydrogen) atoms. The van der Waals surface area contributed by atoms with Gasteiger partial charge in [0.1, 0.15) is 5.58 Å². The Kier molecular flexibility index (Phi) is 2.44. The van der Waals surface area contributed by atoms with Crippen LogP contribution in [0.25, 0.3) is 21.9 Å². The highest BCUT2D eigenvalue weighted by molar-refractivity contribution is 6.02. The first-order chi connectivity index (χ1) is 8.79. The van der Waals surface area contributed by atoms with Gasteiger partial charge in [-0.1, -0.05) is 18.2 Å². The zero-order chi connectivity index (χ0) is 12.5. The van der Waals surface area contributed by atoms with Crippen LogP contribution in [0.5, 0.6) is 0 Å². The highest BCUT2D eigenvalue weighted by Crippen LogP contribution is 2.21. The van der Waals surface area contributed by atoms with Gasteiger partial charge >= 0.3 is 5.63 Å². The highest BCUT2D eigenvalue weighted by Gasteiger charge is 2.09. The van der Waals surface area contributed by atoms with Gasteiger partial charge in [-0.2, -0.15) is 0 Å². The molecule has 3 aromatic rings. The van der Waals surface area contributed by atoms with E-state index in [0.717, 1.165) is 5.39 Å². The van der Waals surface area contributed by atoms with E-state index in [2.05, 4.69) is 15.3 Å². The van der Waals surface area contributed by atoms with Crippen molar-refractivity contribution in [2.45, 2.75) is 6.92 Å². The third-order valence-electron chi connectivity index (χ3n) is 2.70. The molecule has 0 saturated carbocycles. The average Bonchev–Trinajstić information content (AvgIpc) is 2.40. The molecule has 5 nitrogen and oxygen atoms in total. The highest BCUT2D eigenvalue weighted by atomic mass is 16.4. The van der Waals surface area contributed by atoms with Crippen LogP contribution >= 0.6 is 0 Å². The minimum Gasteiger partial charge on any atom is -0.421 e. The Morgan fingerprint density at radius 2 is 2.11 bits per heavy atom. The summed E-state index contributed by atoms with van der Waals surface area (Å²) in [6.07, 6.45) is 1.65. The molecule has 90 valence electrons. The number of nitrogens with one attached hydrogen (secondary N) is 1. The van der Waals surface area contributed by atoms with Crippen molar-refractivity contribution in [3.05, 3.63) is 40.9 Å². The molecule has 3 rings (SSSR count). The molecule has 2 heterocycles. The van der Waals surface area contributed by atoms with Crippen LogP contribution in [0.3, 0.4) is 0 Å².